The Kier molecular flexibility index (Phi) is 7.70. The third-order valence-corrected chi connectivity index (χ3v) is 8.44. The zero-order valence-electron chi connectivity index (χ0n) is 20.7. The highest BCUT2D eigenvalue weighted by molar-refractivity contribution is 5.84. The van der Waals surface area contributed by atoms with Crippen LogP contribution in [0.2, 0.25) is 0 Å². The molecule has 2 aromatic rings. The van der Waals surface area contributed by atoms with E-state index in [9.17, 15) is 24.2 Å². The minimum atomic E-state index is -0.769. The van der Waals surface area contributed by atoms with E-state index in [1.165, 1.54) is 18.2 Å². The summed E-state index contributed by atoms with van der Waals surface area (Å²) >= 11 is 0. The van der Waals surface area contributed by atoms with Crippen LogP contribution in [-0.4, -0.2) is 41.0 Å². The highest BCUT2D eigenvalue weighted by Crippen LogP contribution is 2.61. The van der Waals surface area contributed by atoms with E-state index in [-0.39, 0.29) is 43.0 Å². The summed E-state index contributed by atoms with van der Waals surface area (Å²) in [6.45, 7) is 4.04. The molecule has 196 valence electrons. The van der Waals surface area contributed by atoms with Crippen LogP contribution in [-0.2, 0) is 16.1 Å². The topological polar surface area (TPSA) is 121 Å². The Hall–Kier alpha value is -2.91. The van der Waals surface area contributed by atoms with Crippen molar-refractivity contribution < 1.29 is 33.3 Å². The van der Waals surface area contributed by atoms with Gasteiger partial charge in [-0.2, -0.15) is 0 Å². The lowest BCUT2D eigenvalue weighted by molar-refractivity contribution is -0.185. The molecule has 2 fully saturated rings. The highest BCUT2D eigenvalue weighted by atomic mass is 19.1. The van der Waals surface area contributed by atoms with E-state index in [0.717, 1.165) is 0 Å². The molecule has 1 heterocycles. The predicted molar refractivity (Wildman–Crippen MR) is 130 cm³/mol. The van der Waals surface area contributed by atoms with Gasteiger partial charge >= 0.3 is 6.09 Å². The number of hydrogen-bond donors (Lipinski definition) is 4. The number of aliphatic hydroxyl groups excluding tert-OH is 2. The Morgan fingerprint density at radius 2 is 2.00 bits per heavy atom. The molecule has 4 N–H and O–H groups in total. The summed E-state index contributed by atoms with van der Waals surface area (Å²) in [5.74, 6) is -0.376. The van der Waals surface area contributed by atoms with E-state index in [4.69, 9.17) is 9.15 Å². The number of nitrogens with one attached hydrogen (secondary N) is 2. The number of furan rings is 1. The fourth-order valence-electron chi connectivity index (χ4n) is 6.49. The molecule has 8 nitrogen and oxygen atoms in total. The zero-order chi connectivity index (χ0) is 25.9. The molecule has 6 atom stereocenters. The summed E-state index contributed by atoms with van der Waals surface area (Å²) in [6.07, 6.45) is 2.01. The van der Waals surface area contributed by atoms with Crippen LogP contribution in [0.25, 0.3) is 0 Å². The standard InChI is InChI=1S/C27H35FN2O6/c1-26-11-10-23(36-25(34)30-18-6-3-5-17(28)13-18)27(2,16-31)22(26)9-8-21(32)20(26)14-24(33)29-15-19-7-4-12-35-19/h3-7,12-13,20-23,31-32H,8-11,14-16H2,1-2H3,(H,29,33)(H,30,34)/t20-,21-,22+,23-,26+,27+/m1/s1. The van der Waals surface area contributed by atoms with E-state index >= 15 is 0 Å². The molecule has 0 radical (unpaired) electrons. The van der Waals surface area contributed by atoms with Crippen LogP contribution in [0.4, 0.5) is 14.9 Å². The number of fused-ring (bicyclic) bond motifs is 1. The van der Waals surface area contributed by atoms with Crippen molar-refractivity contribution in [1.82, 2.24) is 5.32 Å². The second kappa shape index (κ2) is 10.6. The van der Waals surface area contributed by atoms with Crippen LogP contribution in [0, 0.1) is 28.5 Å². The minimum Gasteiger partial charge on any atom is -0.467 e. The van der Waals surface area contributed by atoms with Gasteiger partial charge in [0, 0.05) is 17.5 Å². The van der Waals surface area contributed by atoms with Gasteiger partial charge in [0.15, 0.2) is 0 Å². The SMILES string of the molecule is C[C@]1(CO)[C@H]2CC[C@@H](O)[C@@H](CC(=O)NCc3ccco3)[C@]2(C)CC[C@H]1OC(=O)Nc1cccc(F)c1. The van der Waals surface area contributed by atoms with E-state index in [1.54, 1.807) is 24.5 Å². The Bertz CT molecular complexity index is 1060. The molecule has 1 aromatic carbocycles. The van der Waals surface area contributed by atoms with Crippen LogP contribution in [0.3, 0.4) is 0 Å². The van der Waals surface area contributed by atoms with E-state index < -0.39 is 34.9 Å². The first-order chi connectivity index (χ1) is 17.2. The summed E-state index contributed by atoms with van der Waals surface area (Å²) in [4.78, 5) is 25.4. The fourth-order valence-corrected chi connectivity index (χ4v) is 6.49. The highest BCUT2D eigenvalue weighted by Gasteiger charge is 2.60. The van der Waals surface area contributed by atoms with Crippen LogP contribution >= 0.6 is 0 Å². The van der Waals surface area contributed by atoms with Crippen molar-refractivity contribution >= 4 is 17.7 Å². The van der Waals surface area contributed by atoms with Gasteiger partial charge < -0.3 is 24.7 Å². The molecular weight excluding hydrogens is 467 g/mol. The van der Waals surface area contributed by atoms with E-state index in [0.29, 0.717) is 31.4 Å². The van der Waals surface area contributed by atoms with Gasteiger partial charge in [0.05, 0.1) is 25.5 Å². The Morgan fingerprint density at radius 1 is 1.19 bits per heavy atom. The van der Waals surface area contributed by atoms with E-state index in [1.807, 2.05) is 6.92 Å². The maximum absolute atomic E-state index is 13.5. The summed E-state index contributed by atoms with van der Waals surface area (Å²) in [5.41, 5.74) is -0.918. The quantitative estimate of drug-likeness (QED) is 0.450. The first kappa shape index (κ1) is 26.2. The fraction of sp³-hybridized carbons (Fsp3) is 0.556. The van der Waals surface area contributed by atoms with Crippen LogP contribution in [0.1, 0.15) is 51.7 Å². The number of amides is 2. The molecule has 2 saturated carbocycles. The number of rotatable bonds is 7. The number of ether oxygens (including phenoxy) is 1. The number of halogens is 1. The van der Waals surface area contributed by atoms with Crippen LogP contribution in [0.5, 0.6) is 0 Å². The van der Waals surface area contributed by atoms with Crippen LogP contribution in [0.15, 0.2) is 47.1 Å². The molecule has 2 aliphatic carbocycles. The minimum absolute atomic E-state index is 0.0815. The second-order valence-corrected chi connectivity index (χ2v) is 10.6. The molecule has 4 rings (SSSR count). The van der Waals surface area contributed by atoms with Crippen molar-refractivity contribution in [3.63, 3.8) is 0 Å². The molecule has 2 aliphatic rings. The van der Waals surface area contributed by atoms with Gasteiger partial charge in [0.2, 0.25) is 5.91 Å². The number of carbonyl (C=O) groups is 2. The maximum Gasteiger partial charge on any atom is 0.411 e. The number of carbonyl (C=O) groups excluding carboxylic acids is 2. The van der Waals surface area contributed by atoms with Crippen molar-refractivity contribution in [2.45, 2.75) is 64.7 Å². The number of aliphatic hydroxyl groups is 2. The average Bonchev–Trinajstić information content (AvgIpc) is 3.36. The van der Waals surface area contributed by atoms with Gasteiger partial charge in [-0.15, -0.1) is 0 Å². The van der Waals surface area contributed by atoms with Gasteiger partial charge in [0.25, 0.3) is 0 Å². The first-order valence-corrected chi connectivity index (χ1v) is 12.5. The summed E-state index contributed by atoms with van der Waals surface area (Å²) in [6, 6.07) is 9.09. The third kappa shape index (κ3) is 5.27. The van der Waals surface area contributed by atoms with Gasteiger partial charge in [-0.3, -0.25) is 10.1 Å². The number of benzene rings is 1. The van der Waals surface area contributed by atoms with Crippen molar-refractivity contribution in [3.05, 3.63) is 54.2 Å². The van der Waals surface area contributed by atoms with Crippen LogP contribution < -0.4 is 10.6 Å². The van der Waals surface area contributed by atoms with Crippen molar-refractivity contribution in [2.24, 2.45) is 22.7 Å². The molecule has 36 heavy (non-hydrogen) atoms. The monoisotopic (exact) mass is 502 g/mol. The predicted octanol–water partition coefficient (Wildman–Crippen LogP) is 4.23. The smallest absolute Gasteiger partial charge is 0.411 e. The van der Waals surface area contributed by atoms with Crippen molar-refractivity contribution in [3.8, 4) is 0 Å². The van der Waals surface area contributed by atoms with Gasteiger partial charge in [-0.05, 0) is 73.3 Å². The molecule has 0 unspecified atom stereocenters. The second-order valence-electron chi connectivity index (χ2n) is 10.6. The number of anilines is 1. The lowest BCUT2D eigenvalue weighted by Gasteiger charge is -2.60. The zero-order valence-corrected chi connectivity index (χ0v) is 20.7. The molecule has 0 spiro atoms. The third-order valence-electron chi connectivity index (χ3n) is 8.44. The van der Waals surface area contributed by atoms with Gasteiger partial charge in [0.1, 0.15) is 17.7 Å². The molecule has 0 aliphatic heterocycles. The maximum atomic E-state index is 13.5. The Balaban J connectivity index is 1.46. The normalized spacial score (nSPS) is 31.8. The molecule has 0 saturated heterocycles. The Labute approximate surface area is 210 Å². The summed E-state index contributed by atoms with van der Waals surface area (Å²) in [5, 5.41) is 26.9. The van der Waals surface area contributed by atoms with Crippen molar-refractivity contribution in [2.75, 3.05) is 11.9 Å². The summed E-state index contributed by atoms with van der Waals surface area (Å²) in [7, 11) is 0. The van der Waals surface area contributed by atoms with E-state index in [2.05, 4.69) is 17.6 Å². The van der Waals surface area contributed by atoms with Gasteiger partial charge in [-0.25, -0.2) is 9.18 Å². The lowest BCUT2D eigenvalue weighted by Crippen LogP contribution is -2.61. The first-order valence-electron chi connectivity index (χ1n) is 12.5. The Morgan fingerprint density at radius 3 is 2.69 bits per heavy atom. The molecule has 9 heteroatoms. The molecule has 1 aromatic heterocycles. The van der Waals surface area contributed by atoms with Gasteiger partial charge in [-0.1, -0.05) is 19.9 Å². The largest absolute Gasteiger partial charge is 0.467 e. The molecular formula is C27H35FN2O6. The average molecular weight is 503 g/mol. The lowest BCUT2D eigenvalue weighted by atomic mass is 9.46. The molecule has 2 amide bonds. The van der Waals surface area contributed by atoms with Crippen molar-refractivity contribution in [1.29, 1.82) is 0 Å². The summed E-state index contributed by atoms with van der Waals surface area (Å²) < 4.78 is 24.5. The number of hydrogen-bond acceptors (Lipinski definition) is 6. The molecule has 0 bridgehead atoms.